The maximum Gasteiger partial charge on any atom is 0.267 e. The quantitative estimate of drug-likeness (QED) is 0.632. The van der Waals surface area contributed by atoms with Gasteiger partial charge in [-0.2, -0.15) is 5.26 Å². The van der Waals surface area contributed by atoms with Crippen LogP contribution in [0.15, 0.2) is 52.8 Å². The summed E-state index contributed by atoms with van der Waals surface area (Å²) >= 11 is 0. The van der Waals surface area contributed by atoms with Crippen LogP contribution in [-0.4, -0.2) is 13.0 Å². The van der Waals surface area contributed by atoms with Crippen LogP contribution >= 0.6 is 0 Å². The van der Waals surface area contributed by atoms with Crippen LogP contribution in [0.2, 0.25) is 0 Å². The van der Waals surface area contributed by atoms with Gasteiger partial charge in [0.1, 0.15) is 23.2 Å². The van der Waals surface area contributed by atoms with Crippen LogP contribution in [-0.2, 0) is 11.3 Å². The second-order valence-corrected chi connectivity index (χ2v) is 4.79. The molecule has 2 aromatic rings. The largest absolute Gasteiger partial charge is 0.495 e. The highest BCUT2D eigenvalue weighted by Gasteiger charge is 2.12. The number of methoxy groups -OCH3 is 1. The van der Waals surface area contributed by atoms with E-state index in [9.17, 15) is 4.79 Å². The number of carbonyl (C=O) groups is 1. The number of anilines is 1. The Hall–Kier alpha value is -3.20. The summed E-state index contributed by atoms with van der Waals surface area (Å²) in [6, 6.07) is 10.8. The molecule has 0 saturated heterocycles. The van der Waals surface area contributed by atoms with Gasteiger partial charge in [0.2, 0.25) is 0 Å². The van der Waals surface area contributed by atoms with Crippen molar-refractivity contribution in [3.63, 3.8) is 0 Å². The maximum atomic E-state index is 12.2. The fourth-order valence-electron chi connectivity index (χ4n) is 1.92. The Kier molecular flexibility index (Phi) is 5.42. The molecule has 0 aliphatic heterocycles. The summed E-state index contributed by atoms with van der Waals surface area (Å²) in [6.45, 7) is 2.29. The summed E-state index contributed by atoms with van der Waals surface area (Å²) in [5.74, 6) is 0.729. The maximum absolute atomic E-state index is 12.2. The van der Waals surface area contributed by atoms with Crippen LogP contribution in [0, 0.1) is 18.3 Å². The molecule has 0 unspecified atom stereocenters. The molecule has 0 fully saturated rings. The fraction of sp³-hybridized carbons (Fsp3) is 0.176. The summed E-state index contributed by atoms with van der Waals surface area (Å²) in [5, 5.41) is 14.7. The van der Waals surface area contributed by atoms with E-state index in [1.165, 1.54) is 13.3 Å². The molecule has 6 heteroatoms. The molecule has 118 valence electrons. The monoisotopic (exact) mass is 311 g/mol. The molecule has 0 aliphatic rings. The van der Waals surface area contributed by atoms with Crippen molar-refractivity contribution in [3.8, 4) is 11.8 Å². The van der Waals surface area contributed by atoms with Crippen molar-refractivity contribution in [1.82, 2.24) is 5.32 Å². The Balaban J connectivity index is 2.05. The number of nitrogens with zero attached hydrogens (tertiary/aromatic N) is 1. The first-order valence-electron chi connectivity index (χ1n) is 6.96. The standard InChI is InChI=1S/C17H17N3O3/c1-12-5-6-16(22-2)15(8-12)20-17(21)13(9-18)10-19-11-14-4-3-7-23-14/h3-8,10,19H,11H2,1-2H3,(H,20,21)/b13-10-. The van der Waals surface area contributed by atoms with Crippen LogP contribution in [0.5, 0.6) is 5.75 Å². The van der Waals surface area contributed by atoms with Gasteiger partial charge >= 0.3 is 0 Å². The second kappa shape index (κ2) is 7.71. The number of benzene rings is 1. The van der Waals surface area contributed by atoms with Gasteiger partial charge in [0.05, 0.1) is 25.6 Å². The Morgan fingerprint density at radius 2 is 2.26 bits per heavy atom. The van der Waals surface area contributed by atoms with Crippen molar-refractivity contribution in [2.45, 2.75) is 13.5 Å². The predicted octanol–water partition coefficient (Wildman–Crippen LogP) is 2.73. The van der Waals surface area contributed by atoms with Crippen molar-refractivity contribution in [2.24, 2.45) is 0 Å². The SMILES string of the molecule is COc1ccc(C)cc1NC(=O)/C(C#N)=C\NCc1ccco1. The molecule has 0 radical (unpaired) electrons. The van der Waals surface area contributed by atoms with E-state index < -0.39 is 5.91 Å². The van der Waals surface area contributed by atoms with Crippen molar-refractivity contribution < 1.29 is 13.9 Å². The minimum atomic E-state index is -0.511. The highest BCUT2D eigenvalue weighted by atomic mass is 16.5. The summed E-state index contributed by atoms with van der Waals surface area (Å²) in [7, 11) is 1.52. The molecular weight excluding hydrogens is 294 g/mol. The Morgan fingerprint density at radius 1 is 1.43 bits per heavy atom. The highest BCUT2D eigenvalue weighted by Crippen LogP contribution is 2.25. The lowest BCUT2D eigenvalue weighted by molar-refractivity contribution is -0.112. The number of aryl methyl sites for hydroxylation is 1. The van der Waals surface area contributed by atoms with E-state index in [2.05, 4.69) is 10.6 Å². The van der Waals surface area contributed by atoms with Crippen LogP contribution in [0.3, 0.4) is 0 Å². The van der Waals surface area contributed by atoms with E-state index in [0.29, 0.717) is 23.7 Å². The van der Waals surface area contributed by atoms with Crippen molar-refractivity contribution in [2.75, 3.05) is 12.4 Å². The summed E-state index contributed by atoms with van der Waals surface area (Å²) < 4.78 is 10.4. The minimum absolute atomic E-state index is 0.0416. The number of hydrogen-bond acceptors (Lipinski definition) is 5. The third-order valence-corrected chi connectivity index (χ3v) is 3.07. The molecule has 1 amide bonds. The number of amides is 1. The molecular formula is C17H17N3O3. The van der Waals surface area contributed by atoms with Crippen LogP contribution in [0.25, 0.3) is 0 Å². The number of hydrogen-bond donors (Lipinski definition) is 2. The van der Waals surface area contributed by atoms with Gasteiger partial charge in [-0.25, -0.2) is 0 Å². The molecule has 0 spiro atoms. The predicted molar refractivity (Wildman–Crippen MR) is 85.6 cm³/mol. The smallest absolute Gasteiger partial charge is 0.267 e. The number of nitriles is 1. The number of furan rings is 1. The molecule has 0 bridgehead atoms. The number of nitrogens with one attached hydrogen (secondary N) is 2. The lowest BCUT2D eigenvalue weighted by Crippen LogP contribution is -2.17. The molecule has 0 atom stereocenters. The zero-order chi connectivity index (χ0) is 16.7. The zero-order valence-electron chi connectivity index (χ0n) is 12.9. The Morgan fingerprint density at radius 3 is 2.91 bits per heavy atom. The number of rotatable bonds is 6. The van der Waals surface area contributed by atoms with Gasteiger partial charge in [0.15, 0.2) is 0 Å². The molecule has 1 aromatic heterocycles. The normalized spacial score (nSPS) is 10.7. The van der Waals surface area contributed by atoms with Crippen LogP contribution in [0.1, 0.15) is 11.3 Å². The zero-order valence-corrected chi connectivity index (χ0v) is 12.9. The molecule has 1 aromatic carbocycles. The van der Waals surface area contributed by atoms with Crippen molar-refractivity contribution in [1.29, 1.82) is 5.26 Å². The van der Waals surface area contributed by atoms with Crippen molar-refractivity contribution in [3.05, 3.63) is 59.7 Å². The molecule has 0 aliphatic carbocycles. The highest BCUT2D eigenvalue weighted by molar-refractivity contribution is 6.07. The molecule has 23 heavy (non-hydrogen) atoms. The number of carbonyl (C=O) groups excluding carboxylic acids is 1. The molecule has 1 heterocycles. The molecule has 2 rings (SSSR count). The molecule has 6 nitrogen and oxygen atoms in total. The van der Waals surface area contributed by atoms with Crippen LogP contribution < -0.4 is 15.4 Å². The van der Waals surface area contributed by atoms with Gasteiger partial charge in [-0.1, -0.05) is 6.07 Å². The first-order chi connectivity index (χ1) is 11.1. The number of ether oxygens (including phenoxy) is 1. The van der Waals surface area contributed by atoms with Gasteiger partial charge < -0.3 is 19.8 Å². The Bertz CT molecular complexity index is 743. The van der Waals surface area contributed by atoms with Gasteiger partial charge in [0.25, 0.3) is 5.91 Å². The van der Waals surface area contributed by atoms with Gasteiger partial charge in [-0.05, 0) is 36.8 Å². The fourth-order valence-corrected chi connectivity index (χ4v) is 1.92. The van der Waals surface area contributed by atoms with Gasteiger partial charge in [-0.15, -0.1) is 0 Å². The van der Waals surface area contributed by atoms with E-state index in [1.807, 2.05) is 19.1 Å². The van der Waals surface area contributed by atoms with Gasteiger partial charge in [-0.3, -0.25) is 4.79 Å². The first kappa shape index (κ1) is 16.2. The second-order valence-electron chi connectivity index (χ2n) is 4.79. The average Bonchev–Trinajstić information content (AvgIpc) is 3.05. The lowest BCUT2D eigenvalue weighted by Gasteiger charge is -2.10. The topological polar surface area (TPSA) is 87.3 Å². The summed E-state index contributed by atoms with van der Waals surface area (Å²) in [4.78, 5) is 12.2. The van der Waals surface area contributed by atoms with E-state index in [4.69, 9.17) is 14.4 Å². The van der Waals surface area contributed by atoms with E-state index >= 15 is 0 Å². The van der Waals surface area contributed by atoms with E-state index in [1.54, 1.807) is 30.5 Å². The summed E-state index contributed by atoms with van der Waals surface area (Å²) in [6.07, 6.45) is 2.92. The van der Waals surface area contributed by atoms with E-state index in [-0.39, 0.29) is 5.57 Å². The van der Waals surface area contributed by atoms with Gasteiger partial charge in [0, 0.05) is 6.20 Å². The first-order valence-corrected chi connectivity index (χ1v) is 6.96. The van der Waals surface area contributed by atoms with Crippen molar-refractivity contribution >= 4 is 11.6 Å². The molecule has 0 saturated carbocycles. The van der Waals surface area contributed by atoms with E-state index in [0.717, 1.165) is 5.56 Å². The minimum Gasteiger partial charge on any atom is -0.495 e. The Labute approximate surface area is 134 Å². The third kappa shape index (κ3) is 4.38. The lowest BCUT2D eigenvalue weighted by atomic mass is 10.2. The molecule has 2 N–H and O–H groups in total. The third-order valence-electron chi connectivity index (χ3n) is 3.07. The van der Waals surface area contributed by atoms with Crippen LogP contribution in [0.4, 0.5) is 5.69 Å². The average molecular weight is 311 g/mol. The summed E-state index contributed by atoms with van der Waals surface area (Å²) in [5.41, 5.74) is 1.45.